The maximum absolute atomic E-state index is 10.3. The van der Waals surface area contributed by atoms with Crippen molar-refractivity contribution in [2.45, 2.75) is 44.9 Å². The standard InChI is InChI=1S/C20H27N3O2/c1-15-11-17(23-8-7-21-14-23)6-5-16(15)12-22-9-10-25-13-19(22)18-3-2-4-20(18)24/h5-8,11,14,18-20,24H,2-4,9-10,12-13H2,1H3/t18-,19+,20+/m0/s1. The van der Waals surface area contributed by atoms with Crippen molar-refractivity contribution in [2.75, 3.05) is 19.8 Å². The molecule has 1 saturated carbocycles. The number of imidazole rings is 1. The second-order valence-corrected chi connectivity index (χ2v) is 7.36. The van der Waals surface area contributed by atoms with Crippen molar-refractivity contribution in [2.24, 2.45) is 5.92 Å². The zero-order valence-electron chi connectivity index (χ0n) is 14.8. The summed E-state index contributed by atoms with van der Waals surface area (Å²) in [6.45, 7) is 5.57. The zero-order valence-corrected chi connectivity index (χ0v) is 14.8. The molecule has 5 heteroatoms. The fourth-order valence-corrected chi connectivity index (χ4v) is 4.31. The fraction of sp³-hybridized carbons (Fsp3) is 0.550. The molecule has 1 N–H and O–H groups in total. The Bertz CT molecular complexity index is 701. The molecule has 2 heterocycles. The molecule has 0 unspecified atom stereocenters. The molecule has 1 aliphatic carbocycles. The van der Waals surface area contributed by atoms with Crippen LogP contribution in [0.1, 0.15) is 30.4 Å². The van der Waals surface area contributed by atoms with Crippen LogP contribution in [0.2, 0.25) is 0 Å². The van der Waals surface area contributed by atoms with Crippen LogP contribution in [-0.2, 0) is 11.3 Å². The van der Waals surface area contributed by atoms with Gasteiger partial charge in [-0.15, -0.1) is 0 Å². The lowest BCUT2D eigenvalue weighted by Gasteiger charge is -2.40. The molecule has 0 spiro atoms. The van der Waals surface area contributed by atoms with Gasteiger partial charge in [-0.25, -0.2) is 4.98 Å². The Kier molecular flexibility index (Phi) is 4.88. The highest BCUT2D eigenvalue weighted by atomic mass is 16.5. The number of hydrogen-bond donors (Lipinski definition) is 1. The van der Waals surface area contributed by atoms with E-state index in [1.807, 2.05) is 17.1 Å². The molecule has 2 aromatic rings. The van der Waals surface area contributed by atoms with Gasteiger partial charge < -0.3 is 14.4 Å². The molecule has 1 aromatic carbocycles. The summed E-state index contributed by atoms with van der Waals surface area (Å²) in [6.07, 6.45) is 8.61. The highest BCUT2D eigenvalue weighted by Gasteiger charge is 2.37. The van der Waals surface area contributed by atoms with Crippen molar-refractivity contribution < 1.29 is 9.84 Å². The molecular formula is C20H27N3O2. The van der Waals surface area contributed by atoms with Crippen LogP contribution in [0.5, 0.6) is 0 Å². The summed E-state index contributed by atoms with van der Waals surface area (Å²) >= 11 is 0. The lowest BCUT2D eigenvalue weighted by molar-refractivity contribution is -0.0537. The van der Waals surface area contributed by atoms with Crippen molar-refractivity contribution in [1.82, 2.24) is 14.5 Å². The SMILES string of the molecule is Cc1cc(-n2ccnc2)ccc1CN1CCOC[C@@H]1[C@@H]1CCC[C@H]1O. The molecule has 2 fully saturated rings. The van der Waals surface area contributed by atoms with Gasteiger partial charge in [-0.2, -0.15) is 0 Å². The molecule has 1 aromatic heterocycles. The monoisotopic (exact) mass is 341 g/mol. The van der Waals surface area contributed by atoms with Crippen molar-refractivity contribution in [3.63, 3.8) is 0 Å². The second kappa shape index (κ2) is 7.28. The topological polar surface area (TPSA) is 50.5 Å². The maximum Gasteiger partial charge on any atom is 0.0991 e. The normalized spacial score (nSPS) is 27.7. The molecule has 0 radical (unpaired) electrons. The first kappa shape index (κ1) is 16.8. The molecule has 0 bridgehead atoms. The second-order valence-electron chi connectivity index (χ2n) is 7.36. The average molecular weight is 341 g/mol. The lowest BCUT2D eigenvalue weighted by atomic mass is 9.93. The summed E-state index contributed by atoms with van der Waals surface area (Å²) in [4.78, 5) is 6.64. The first-order chi connectivity index (χ1) is 12.2. The van der Waals surface area contributed by atoms with E-state index >= 15 is 0 Å². The Morgan fingerprint density at radius 1 is 1.32 bits per heavy atom. The molecule has 1 aliphatic heterocycles. The Labute approximate surface area is 149 Å². The summed E-state index contributed by atoms with van der Waals surface area (Å²) in [7, 11) is 0. The van der Waals surface area contributed by atoms with Crippen LogP contribution >= 0.6 is 0 Å². The van der Waals surface area contributed by atoms with E-state index in [1.54, 1.807) is 6.20 Å². The Balaban J connectivity index is 1.51. The van der Waals surface area contributed by atoms with Crippen LogP contribution in [0, 0.1) is 12.8 Å². The molecule has 4 rings (SSSR count). The van der Waals surface area contributed by atoms with Crippen molar-refractivity contribution >= 4 is 0 Å². The number of nitrogens with zero attached hydrogens (tertiary/aromatic N) is 3. The molecule has 0 amide bonds. The zero-order chi connectivity index (χ0) is 17.2. The van der Waals surface area contributed by atoms with Gasteiger partial charge in [-0.3, -0.25) is 4.90 Å². The predicted molar refractivity (Wildman–Crippen MR) is 96.7 cm³/mol. The smallest absolute Gasteiger partial charge is 0.0991 e. The van der Waals surface area contributed by atoms with Crippen LogP contribution in [0.3, 0.4) is 0 Å². The third kappa shape index (κ3) is 3.50. The minimum absolute atomic E-state index is 0.168. The number of aliphatic hydroxyl groups is 1. The third-order valence-corrected chi connectivity index (χ3v) is 5.81. The van der Waals surface area contributed by atoms with E-state index in [9.17, 15) is 5.11 Å². The number of aryl methyl sites for hydroxylation is 1. The molecule has 134 valence electrons. The van der Waals surface area contributed by atoms with Crippen LogP contribution in [-0.4, -0.2) is 51.5 Å². The largest absolute Gasteiger partial charge is 0.393 e. The van der Waals surface area contributed by atoms with Gasteiger partial charge in [0.05, 0.1) is 25.6 Å². The first-order valence-electron chi connectivity index (χ1n) is 9.30. The third-order valence-electron chi connectivity index (χ3n) is 5.81. The molecule has 2 aliphatic rings. The summed E-state index contributed by atoms with van der Waals surface area (Å²) < 4.78 is 7.78. The summed E-state index contributed by atoms with van der Waals surface area (Å²) in [5.41, 5.74) is 3.79. The molecular weight excluding hydrogens is 314 g/mol. The molecule has 1 saturated heterocycles. The van der Waals surface area contributed by atoms with Gasteiger partial charge in [0.15, 0.2) is 0 Å². The highest BCUT2D eigenvalue weighted by Crippen LogP contribution is 2.33. The minimum atomic E-state index is -0.168. The van der Waals surface area contributed by atoms with Gasteiger partial charge in [0.25, 0.3) is 0 Å². The fourth-order valence-electron chi connectivity index (χ4n) is 4.31. The van der Waals surface area contributed by atoms with E-state index in [0.717, 1.165) is 51.3 Å². The van der Waals surface area contributed by atoms with Crippen LogP contribution in [0.4, 0.5) is 0 Å². The Hall–Kier alpha value is -1.69. The number of aliphatic hydroxyl groups excluding tert-OH is 1. The van der Waals surface area contributed by atoms with E-state index in [2.05, 4.69) is 35.0 Å². The quantitative estimate of drug-likeness (QED) is 0.928. The van der Waals surface area contributed by atoms with E-state index in [4.69, 9.17) is 4.74 Å². The van der Waals surface area contributed by atoms with Crippen molar-refractivity contribution in [1.29, 1.82) is 0 Å². The number of ether oxygens (including phenoxy) is 1. The summed E-state index contributed by atoms with van der Waals surface area (Å²) in [6, 6.07) is 6.93. The van der Waals surface area contributed by atoms with E-state index in [0.29, 0.717) is 12.0 Å². The van der Waals surface area contributed by atoms with E-state index < -0.39 is 0 Å². The molecule has 25 heavy (non-hydrogen) atoms. The average Bonchev–Trinajstić information content (AvgIpc) is 3.29. The van der Waals surface area contributed by atoms with Crippen LogP contribution in [0.15, 0.2) is 36.9 Å². The minimum Gasteiger partial charge on any atom is -0.393 e. The van der Waals surface area contributed by atoms with Gasteiger partial charge in [0.1, 0.15) is 0 Å². The number of morpholine rings is 1. The lowest BCUT2D eigenvalue weighted by Crippen LogP contribution is -2.50. The van der Waals surface area contributed by atoms with Gasteiger partial charge in [-0.1, -0.05) is 12.5 Å². The van der Waals surface area contributed by atoms with Gasteiger partial charge in [0.2, 0.25) is 0 Å². The van der Waals surface area contributed by atoms with Crippen molar-refractivity contribution in [3.8, 4) is 5.69 Å². The predicted octanol–water partition coefficient (Wildman–Crippen LogP) is 2.54. The highest BCUT2D eigenvalue weighted by molar-refractivity contribution is 5.40. The number of aromatic nitrogens is 2. The van der Waals surface area contributed by atoms with Crippen molar-refractivity contribution in [3.05, 3.63) is 48.0 Å². The molecule has 5 nitrogen and oxygen atoms in total. The van der Waals surface area contributed by atoms with Crippen LogP contribution in [0.25, 0.3) is 5.69 Å². The molecule has 3 atom stereocenters. The summed E-state index contributed by atoms with van der Waals surface area (Å²) in [5.74, 6) is 0.353. The first-order valence-corrected chi connectivity index (χ1v) is 9.30. The van der Waals surface area contributed by atoms with Gasteiger partial charge >= 0.3 is 0 Å². The summed E-state index contributed by atoms with van der Waals surface area (Å²) in [5, 5.41) is 10.3. The van der Waals surface area contributed by atoms with E-state index in [-0.39, 0.29) is 6.10 Å². The Morgan fingerprint density at radius 2 is 2.24 bits per heavy atom. The van der Waals surface area contributed by atoms with Gasteiger partial charge in [-0.05, 0) is 43.0 Å². The van der Waals surface area contributed by atoms with E-state index in [1.165, 1.54) is 11.1 Å². The van der Waals surface area contributed by atoms with Crippen LogP contribution < -0.4 is 0 Å². The maximum atomic E-state index is 10.3. The number of rotatable bonds is 4. The number of benzene rings is 1. The number of hydrogen-bond acceptors (Lipinski definition) is 4. The Morgan fingerprint density at radius 3 is 2.96 bits per heavy atom. The van der Waals surface area contributed by atoms with Gasteiger partial charge in [0, 0.05) is 43.1 Å².